The van der Waals surface area contributed by atoms with Crippen molar-refractivity contribution in [2.24, 2.45) is 0 Å². The molecule has 0 bridgehead atoms. The van der Waals surface area contributed by atoms with Gasteiger partial charge in [-0.3, -0.25) is 4.98 Å². The summed E-state index contributed by atoms with van der Waals surface area (Å²) in [6.45, 7) is 0.781. The van der Waals surface area contributed by atoms with E-state index in [2.05, 4.69) is 10.3 Å². The molecule has 0 atom stereocenters. The maximum absolute atomic E-state index is 5.80. The summed E-state index contributed by atoms with van der Waals surface area (Å²) < 4.78 is 0. The van der Waals surface area contributed by atoms with Gasteiger partial charge in [0.1, 0.15) is 0 Å². The molecule has 1 aromatic heterocycles. The highest BCUT2D eigenvalue weighted by Crippen LogP contribution is 2.11. The normalized spacial score (nSPS) is 9.93. The van der Waals surface area contributed by atoms with Crippen molar-refractivity contribution in [3.8, 4) is 0 Å². The standard InChI is InChI=1S/C12H11ClN2/c13-11-5-3-10(4-6-11)8-15-12-2-1-7-14-9-12/h1-7,9,15H,8H2. The first-order chi connectivity index (χ1) is 7.34. The minimum Gasteiger partial charge on any atom is -0.380 e. The third-order valence-electron chi connectivity index (χ3n) is 2.07. The van der Waals surface area contributed by atoms with Gasteiger partial charge in [-0.25, -0.2) is 0 Å². The second-order valence-corrected chi connectivity index (χ2v) is 3.66. The molecule has 2 aromatic rings. The van der Waals surface area contributed by atoms with E-state index in [1.165, 1.54) is 5.56 Å². The van der Waals surface area contributed by atoms with E-state index in [-0.39, 0.29) is 0 Å². The van der Waals surface area contributed by atoms with Crippen molar-refractivity contribution < 1.29 is 0 Å². The summed E-state index contributed by atoms with van der Waals surface area (Å²) in [5.41, 5.74) is 2.22. The van der Waals surface area contributed by atoms with Gasteiger partial charge in [-0.15, -0.1) is 0 Å². The first-order valence-electron chi connectivity index (χ1n) is 4.73. The molecule has 1 aromatic carbocycles. The highest BCUT2D eigenvalue weighted by atomic mass is 35.5. The Bertz CT molecular complexity index is 411. The van der Waals surface area contributed by atoms with E-state index in [9.17, 15) is 0 Å². The summed E-state index contributed by atoms with van der Waals surface area (Å²) in [4.78, 5) is 4.03. The monoisotopic (exact) mass is 218 g/mol. The second-order valence-electron chi connectivity index (χ2n) is 3.22. The molecule has 0 aliphatic rings. The van der Waals surface area contributed by atoms with Crippen molar-refractivity contribution in [3.63, 3.8) is 0 Å². The van der Waals surface area contributed by atoms with Crippen LogP contribution in [-0.2, 0) is 6.54 Å². The van der Waals surface area contributed by atoms with Gasteiger partial charge in [0.15, 0.2) is 0 Å². The van der Waals surface area contributed by atoms with Gasteiger partial charge in [0, 0.05) is 24.0 Å². The van der Waals surface area contributed by atoms with Crippen molar-refractivity contribution in [2.75, 3.05) is 5.32 Å². The number of hydrogen-bond acceptors (Lipinski definition) is 2. The van der Waals surface area contributed by atoms with E-state index >= 15 is 0 Å². The number of aromatic nitrogens is 1. The number of nitrogens with one attached hydrogen (secondary N) is 1. The molecule has 2 rings (SSSR count). The molecule has 1 heterocycles. The molecule has 3 heteroatoms. The minimum atomic E-state index is 0.764. The van der Waals surface area contributed by atoms with E-state index < -0.39 is 0 Å². The van der Waals surface area contributed by atoms with Gasteiger partial charge in [0.05, 0.1) is 5.69 Å². The highest BCUT2D eigenvalue weighted by molar-refractivity contribution is 6.30. The topological polar surface area (TPSA) is 24.9 Å². The molecule has 0 unspecified atom stereocenters. The van der Waals surface area contributed by atoms with Gasteiger partial charge in [0.2, 0.25) is 0 Å². The molecule has 0 saturated carbocycles. The molecule has 0 aliphatic carbocycles. The van der Waals surface area contributed by atoms with Crippen molar-refractivity contribution in [1.29, 1.82) is 0 Å². The van der Waals surface area contributed by atoms with Crippen LogP contribution < -0.4 is 5.32 Å². The lowest BCUT2D eigenvalue weighted by Crippen LogP contribution is -1.98. The van der Waals surface area contributed by atoms with E-state index in [1.807, 2.05) is 36.4 Å². The number of benzene rings is 1. The van der Waals surface area contributed by atoms with E-state index in [0.717, 1.165) is 17.3 Å². The second kappa shape index (κ2) is 4.80. The van der Waals surface area contributed by atoms with Crippen molar-refractivity contribution >= 4 is 17.3 Å². The Kier molecular flexibility index (Phi) is 3.20. The zero-order valence-corrected chi connectivity index (χ0v) is 8.91. The third kappa shape index (κ3) is 2.96. The van der Waals surface area contributed by atoms with Gasteiger partial charge in [-0.2, -0.15) is 0 Å². The maximum atomic E-state index is 5.80. The molecule has 2 nitrogen and oxygen atoms in total. The fraction of sp³-hybridized carbons (Fsp3) is 0.0833. The molecule has 0 amide bonds. The van der Waals surface area contributed by atoms with Crippen LogP contribution in [0.15, 0.2) is 48.8 Å². The van der Waals surface area contributed by atoms with Crippen LogP contribution >= 0.6 is 11.6 Å². The van der Waals surface area contributed by atoms with Crippen LogP contribution in [0.3, 0.4) is 0 Å². The van der Waals surface area contributed by atoms with Crippen LogP contribution in [0, 0.1) is 0 Å². The van der Waals surface area contributed by atoms with E-state index in [1.54, 1.807) is 12.4 Å². The zero-order valence-electron chi connectivity index (χ0n) is 8.15. The van der Waals surface area contributed by atoms with E-state index in [0.29, 0.717) is 0 Å². The van der Waals surface area contributed by atoms with Gasteiger partial charge in [-0.05, 0) is 29.8 Å². The maximum Gasteiger partial charge on any atom is 0.0529 e. The Hall–Kier alpha value is -1.54. The predicted octanol–water partition coefficient (Wildman–Crippen LogP) is 3.35. The molecular weight excluding hydrogens is 208 g/mol. The SMILES string of the molecule is Clc1ccc(CNc2cccnc2)cc1. The van der Waals surface area contributed by atoms with Crippen LogP contribution in [0.25, 0.3) is 0 Å². The van der Waals surface area contributed by atoms with Crippen LogP contribution in [0.2, 0.25) is 5.02 Å². The molecule has 76 valence electrons. The number of nitrogens with zero attached hydrogens (tertiary/aromatic N) is 1. The first kappa shape index (κ1) is 9.99. The summed E-state index contributed by atoms with van der Waals surface area (Å²) in [5.74, 6) is 0. The molecule has 0 spiro atoms. The van der Waals surface area contributed by atoms with E-state index in [4.69, 9.17) is 11.6 Å². The number of anilines is 1. The number of rotatable bonds is 3. The highest BCUT2D eigenvalue weighted by Gasteiger charge is 1.93. The average molecular weight is 219 g/mol. The fourth-order valence-electron chi connectivity index (χ4n) is 1.27. The molecular formula is C12H11ClN2. The third-order valence-corrected chi connectivity index (χ3v) is 2.32. The lowest BCUT2D eigenvalue weighted by atomic mass is 10.2. The molecule has 0 radical (unpaired) electrons. The zero-order chi connectivity index (χ0) is 10.5. The van der Waals surface area contributed by atoms with Crippen molar-refractivity contribution in [1.82, 2.24) is 4.98 Å². The van der Waals surface area contributed by atoms with Crippen molar-refractivity contribution in [2.45, 2.75) is 6.54 Å². The summed E-state index contributed by atoms with van der Waals surface area (Å²) >= 11 is 5.80. The first-order valence-corrected chi connectivity index (χ1v) is 5.11. The van der Waals surface area contributed by atoms with Crippen molar-refractivity contribution in [3.05, 3.63) is 59.4 Å². The van der Waals surface area contributed by atoms with Gasteiger partial charge in [0.25, 0.3) is 0 Å². The molecule has 0 saturated heterocycles. The molecule has 0 aliphatic heterocycles. The van der Waals surface area contributed by atoms with Crippen LogP contribution in [-0.4, -0.2) is 4.98 Å². The summed E-state index contributed by atoms with van der Waals surface area (Å²) in [6, 6.07) is 11.7. The van der Waals surface area contributed by atoms with Crippen LogP contribution in [0.1, 0.15) is 5.56 Å². The summed E-state index contributed by atoms with van der Waals surface area (Å²) in [5, 5.41) is 4.04. The minimum absolute atomic E-state index is 0.764. The largest absolute Gasteiger partial charge is 0.380 e. The molecule has 15 heavy (non-hydrogen) atoms. The molecule has 1 N–H and O–H groups in total. The van der Waals surface area contributed by atoms with Crippen LogP contribution in [0.5, 0.6) is 0 Å². The Balaban J connectivity index is 1.96. The van der Waals surface area contributed by atoms with Gasteiger partial charge < -0.3 is 5.32 Å². The lowest BCUT2D eigenvalue weighted by molar-refractivity contribution is 1.14. The quantitative estimate of drug-likeness (QED) is 0.855. The lowest BCUT2D eigenvalue weighted by Gasteiger charge is -2.05. The summed E-state index contributed by atoms with van der Waals surface area (Å²) in [7, 11) is 0. The van der Waals surface area contributed by atoms with Gasteiger partial charge >= 0.3 is 0 Å². The van der Waals surface area contributed by atoms with Crippen LogP contribution in [0.4, 0.5) is 5.69 Å². The molecule has 0 fully saturated rings. The Morgan fingerprint density at radius 2 is 1.93 bits per heavy atom. The predicted molar refractivity (Wildman–Crippen MR) is 63.0 cm³/mol. The Labute approximate surface area is 93.9 Å². The Morgan fingerprint density at radius 3 is 2.60 bits per heavy atom. The number of halogens is 1. The fourth-order valence-corrected chi connectivity index (χ4v) is 1.40. The number of hydrogen-bond donors (Lipinski definition) is 1. The average Bonchev–Trinajstić information content (AvgIpc) is 2.30. The Morgan fingerprint density at radius 1 is 1.13 bits per heavy atom. The summed E-state index contributed by atoms with van der Waals surface area (Å²) in [6.07, 6.45) is 3.56. The number of pyridine rings is 1. The van der Waals surface area contributed by atoms with Gasteiger partial charge in [-0.1, -0.05) is 23.7 Å². The smallest absolute Gasteiger partial charge is 0.0529 e.